The zero-order valence-electron chi connectivity index (χ0n) is 11.5. The number of hydrogen-bond donors (Lipinski definition) is 0. The van der Waals surface area contributed by atoms with Crippen LogP contribution in [0.3, 0.4) is 0 Å². The van der Waals surface area contributed by atoms with Gasteiger partial charge in [-0.1, -0.05) is 25.7 Å². The highest BCUT2D eigenvalue weighted by molar-refractivity contribution is 4.98. The molecule has 0 aromatic heterocycles. The predicted molar refractivity (Wildman–Crippen MR) is 73.1 cm³/mol. The second kappa shape index (κ2) is 5.21. The normalized spacial score (nSPS) is 36.6. The summed E-state index contributed by atoms with van der Waals surface area (Å²) in [6, 6.07) is 3.16. The van der Waals surface area contributed by atoms with Crippen LogP contribution in [0.25, 0.3) is 0 Å². The molecule has 0 aromatic carbocycles. The van der Waals surface area contributed by atoms with Gasteiger partial charge >= 0.3 is 0 Å². The number of hydrogen-bond acceptors (Lipinski definition) is 2. The van der Waals surface area contributed by atoms with Crippen LogP contribution in [0.5, 0.6) is 0 Å². The third-order valence-corrected chi connectivity index (χ3v) is 5.89. The van der Waals surface area contributed by atoms with E-state index in [1.165, 1.54) is 70.9 Å². The Morgan fingerprint density at radius 3 is 2.22 bits per heavy atom. The minimum Gasteiger partial charge on any atom is -0.299 e. The van der Waals surface area contributed by atoms with Crippen molar-refractivity contribution in [2.45, 2.75) is 70.3 Å². The van der Waals surface area contributed by atoms with Gasteiger partial charge in [0, 0.05) is 6.04 Å². The molecule has 0 radical (unpaired) electrons. The van der Waals surface area contributed by atoms with Crippen molar-refractivity contribution in [1.82, 2.24) is 4.90 Å². The molecule has 1 heterocycles. The van der Waals surface area contributed by atoms with Gasteiger partial charge in [0.1, 0.15) is 0 Å². The summed E-state index contributed by atoms with van der Waals surface area (Å²) in [5.41, 5.74) is 0.716. The van der Waals surface area contributed by atoms with Crippen molar-refractivity contribution in [2.75, 3.05) is 13.1 Å². The largest absolute Gasteiger partial charge is 0.299 e. The lowest BCUT2D eigenvalue weighted by Crippen LogP contribution is -2.48. The van der Waals surface area contributed by atoms with Crippen molar-refractivity contribution in [1.29, 1.82) is 5.26 Å². The van der Waals surface area contributed by atoms with Gasteiger partial charge in [-0.25, -0.2) is 0 Å². The van der Waals surface area contributed by atoms with Crippen molar-refractivity contribution in [3.8, 4) is 6.07 Å². The molecule has 0 aromatic rings. The smallest absolute Gasteiger partial charge is 0.0672 e. The van der Waals surface area contributed by atoms with Crippen LogP contribution in [0.1, 0.15) is 64.2 Å². The second-order valence-electron chi connectivity index (χ2n) is 6.83. The van der Waals surface area contributed by atoms with E-state index in [-0.39, 0.29) is 0 Å². The van der Waals surface area contributed by atoms with E-state index in [9.17, 15) is 5.26 Å². The third-order valence-electron chi connectivity index (χ3n) is 5.89. The maximum Gasteiger partial charge on any atom is 0.0672 e. The molecule has 2 unspecified atom stereocenters. The summed E-state index contributed by atoms with van der Waals surface area (Å²) in [5.74, 6) is 0.316. The Hall–Kier alpha value is -0.550. The van der Waals surface area contributed by atoms with E-state index in [1.54, 1.807) is 0 Å². The summed E-state index contributed by atoms with van der Waals surface area (Å²) in [6.45, 7) is 2.53. The standard InChI is InChI=1S/C16H26N2/c17-13-14-5-1-2-6-15(14)18-11-9-16(10-12-18)7-3-4-8-16/h14-15H,1-12H2. The molecule has 0 N–H and O–H groups in total. The maximum atomic E-state index is 9.32. The fraction of sp³-hybridized carbons (Fsp3) is 0.938. The van der Waals surface area contributed by atoms with Crippen LogP contribution in [0.15, 0.2) is 0 Å². The molecular weight excluding hydrogens is 220 g/mol. The molecule has 100 valence electrons. The molecule has 2 nitrogen and oxygen atoms in total. The van der Waals surface area contributed by atoms with Crippen LogP contribution in [0.2, 0.25) is 0 Å². The summed E-state index contributed by atoms with van der Waals surface area (Å²) < 4.78 is 0. The number of rotatable bonds is 1. The number of nitrogens with zero attached hydrogens (tertiary/aromatic N) is 2. The first-order valence-electron chi connectivity index (χ1n) is 7.97. The van der Waals surface area contributed by atoms with Gasteiger partial charge in [0.25, 0.3) is 0 Å². The van der Waals surface area contributed by atoms with Gasteiger partial charge in [-0.3, -0.25) is 4.90 Å². The molecule has 3 rings (SSSR count). The Morgan fingerprint density at radius 2 is 1.56 bits per heavy atom. The molecule has 2 saturated carbocycles. The number of nitriles is 1. The average molecular weight is 246 g/mol. The Morgan fingerprint density at radius 1 is 0.889 bits per heavy atom. The molecule has 1 spiro atoms. The predicted octanol–water partition coefficient (Wildman–Crippen LogP) is 3.72. The van der Waals surface area contributed by atoms with E-state index in [0.717, 1.165) is 6.42 Å². The summed E-state index contributed by atoms with van der Waals surface area (Å²) in [6.07, 6.45) is 13.7. The lowest BCUT2D eigenvalue weighted by Gasteiger charge is -2.45. The van der Waals surface area contributed by atoms with E-state index < -0.39 is 0 Å². The van der Waals surface area contributed by atoms with Gasteiger partial charge in [-0.2, -0.15) is 5.26 Å². The second-order valence-corrected chi connectivity index (χ2v) is 6.83. The van der Waals surface area contributed by atoms with Crippen LogP contribution >= 0.6 is 0 Å². The Labute approximate surface area is 111 Å². The maximum absolute atomic E-state index is 9.32. The fourth-order valence-corrected chi connectivity index (χ4v) is 4.65. The third kappa shape index (κ3) is 2.30. The van der Waals surface area contributed by atoms with Crippen molar-refractivity contribution >= 4 is 0 Å². The average Bonchev–Trinajstić information content (AvgIpc) is 2.88. The van der Waals surface area contributed by atoms with Crippen molar-refractivity contribution in [3.05, 3.63) is 0 Å². The number of likely N-dealkylation sites (tertiary alicyclic amines) is 1. The lowest BCUT2D eigenvalue weighted by atomic mass is 9.75. The van der Waals surface area contributed by atoms with E-state index in [0.29, 0.717) is 17.4 Å². The van der Waals surface area contributed by atoms with Gasteiger partial charge in [0.05, 0.1) is 12.0 Å². The molecule has 3 fully saturated rings. The molecule has 1 aliphatic heterocycles. The molecule has 18 heavy (non-hydrogen) atoms. The molecule has 2 heteroatoms. The highest BCUT2D eigenvalue weighted by atomic mass is 15.2. The van der Waals surface area contributed by atoms with E-state index in [1.807, 2.05) is 0 Å². The van der Waals surface area contributed by atoms with Crippen molar-refractivity contribution < 1.29 is 0 Å². The zero-order chi connectivity index (χ0) is 12.4. The molecule has 1 saturated heterocycles. The van der Waals surface area contributed by atoms with Gasteiger partial charge in [-0.05, 0) is 57.0 Å². The minimum atomic E-state index is 0.316. The SMILES string of the molecule is N#CC1CCCCC1N1CCC2(CCCC2)CC1. The van der Waals surface area contributed by atoms with E-state index >= 15 is 0 Å². The molecule has 2 atom stereocenters. The monoisotopic (exact) mass is 246 g/mol. The van der Waals surface area contributed by atoms with Crippen molar-refractivity contribution in [3.63, 3.8) is 0 Å². The highest BCUT2D eigenvalue weighted by Crippen LogP contribution is 2.47. The summed E-state index contributed by atoms with van der Waals surface area (Å²) in [7, 11) is 0. The topological polar surface area (TPSA) is 27.0 Å². The van der Waals surface area contributed by atoms with Crippen LogP contribution in [-0.2, 0) is 0 Å². The Kier molecular flexibility index (Phi) is 3.61. The van der Waals surface area contributed by atoms with Crippen molar-refractivity contribution in [2.24, 2.45) is 11.3 Å². The van der Waals surface area contributed by atoms with Gasteiger partial charge in [-0.15, -0.1) is 0 Å². The first-order chi connectivity index (χ1) is 8.83. The van der Waals surface area contributed by atoms with Gasteiger partial charge in [0.2, 0.25) is 0 Å². The van der Waals surface area contributed by atoms with Crippen LogP contribution in [0.4, 0.5) is 0 Å². The minimum absolute atomic E-state index is 0.316. The summed E-state index contributed by atoms with van der Waals surface area (Å²) >= 11 is 0. The van der Waals surface area contributed by atoms with Gasteiger partial charge in [0.15, 0.2) is 0 Å². The molecule has 0 bridgehead atoms. The van der Waals surface area contributed by atoms with Crippen LogP contribution < -0.4 is 0 Å². The summed E-state index contributed by atoms with van der Waals surface area (Å²) in [4.78, 5) is 2.66. The first-order valence-corrected chi connectivity index (χ1v) is 7.97. The van der Waals surface area contributed by atoms with E-state index in [2.05, 4.69) is 11.0 Å². The summed E-state index contributed by atoms with van der Waals surface area (Å²) in [5, 5.41) is 9.32. The molecule has 2 aliphatic carbocycles. The van der Waals surface area contributed by atoms with E-state index in [4.69, 9.17) is 0 Å². The fourth-order valence-electron chi connectivity index (χ4n) is 4.65. The molecule has 0 amide bonds. The Bertz CT molecular complexity index is 314. The van der Waals surface area contributed by atoms with Gasteiger partial charge < -0.3 is 0 Å². The highest BCUT2D eigenvalue weighted by Gasteiger charge is 2.40. The molecular formula is C16H26N2. The van der Waals surface area contributed by atoms with Crippen LogP contribution in [-0.4, -0.2) is 24.0 Å². The lowest BCUT2D eigenvalue weighted by molar-refractivity contribution is 0.0475. The van der Waals surface area contributed by atoms with Crippen LogP contribution in [0, 0.1) is 22.7 Å². The zero-order valence-corrected chi connectivity index (χ0v) is 11.5. The quantitative estimate of drug-likeness (QED) is 0.705. The number of piperidine rings is 1. The Balaban J connectivity index is 1.60. The molecule has 3 aliphatic rings. The first kappa shape index (κ1) is 12.5.